The summed E-state index contributed by atoms with van der Waals surface area (Å²) in [5.41, 5.74) is 0.941. The Labute approximate surface area is 177 Å². The number of anilines is 1. The predicted octanol–water partition coefficient (Wildman–Crippen LogP) is 3.64. The van der Waals surface area contributed by atoms with Gasteiger partial charge in [-0.15, -0.1) is 0 Å². The average Bonchev–Trinajstić information content (AvgIpc) is 2.58. The third kappa shape index (κ3) is 7.79. The fourth-order valence-corrected chi connectivity index (χ4v) is 3.32. The maximum Gasteiger partial charge on any atom is 0.407 e. The van der Waals surface area contributed by atoms with E-state index in [2.05, 4.69) is 10.2 Å². The number of alkyl carbamates (subject to hydrolysis) is 1. The van der Waals surface area contributed by atoms with E-state index in [0.29, 0.717) is 18.7 Å². The molecule has 1 aliphatic heterocycles. The second-order valence-electron chi connectivity index (χ2n) is 8.84. The van der Waals surface area contributed by atoms with Gasteiger partial charge in [-0.1, -0.05) is 0 Å². The molecule has 0 aromatic heterocycles. The van der Waals surface area contributed by atoms with Crippen molar-refractivity contribution in [2.75, 3.05) is 24.6 Å². The van der Waals surface area contributed by atoms with Crippen molar-refractivity contribution in [1.82, 2.24) is 5.32 Å². The molecule has 1 N–H and O–H groups in total. The molecule has 0 bridgehead atoms. The number of nitro groups is 1. The molecule has 1 saturated heterocycles. The zero-order valence-electron chi connectivity index (χ0n) is 18.6. The minimum Gasteiger partial charge on any atom is -0.444 e. The first kappa shape index (κ1) is 23.9. The van der Waals surface area contributed by atoms with E-state index in [0.717, 1.165) is 5.69 Å². The van der Waals surface area contributed by atoms with E-state index in [1.807, 2.05) is 19.9 Å². The lowest BCUT2D eigenvalue weighted by atomic mass is 10.1. The second kappa shape index (κ2) is 10.1. The number of hydrogen-bond donors (Lipinski definition) is 1. The Morgan fingerprint density at radius 1 is 1.30 bits per heavy atom. The van der Waals surface area contributed by atoms with Crippen molar-refractivity contribution in [2.45, 2.75) is 72.0 Å². The highest BCUT2D eigenvalue weighted by molar-refractivity contribution is 5.68. The Balaban J connectivity index is 1.99. The van der Waals surface area contributed by atoms with Crippen LogP contribution in [0, 0.1) is 10.1 Å². The summed E-state index contributed by atoms with van der Waals surface area (Å²) in [6, 6.07) is 4.74. The van der Waals surface area contributed by atoms with Crippen LogP contribution in [0.2, 0.25) is 0 Å². The molecule has 0 saturated carbocycles. The van der Waals surface area contributed by atoms with Crippen LogP contribution in [-0.4, -0.2) is 54.6 Å². The van der Waals surface area contributed by atoms with E-state index in [1.165, 1.54) is 6.07 Å². The molecule has 0 unspecified atom stereocenters. The standard InChI is InChI=1S/C21H33N3O6/c1-14(22-20(25)30-21(4,5)6)12-28-13-17-7-18(9-19(8-17)24(26)27)23-10-15(2)29-16(3)11-23/h7-9,14-16H,10-13H2,1-6H3,(H,22,25)/t14-,15-,16+/m1/s1. The van der Waals surface area contributed by atoms with Crippen molar-refractivity contribution in [2.24, 2.45) is 0 Å². The normalized spacial score (nSPS) is 20.5. The van der Waals surface area contributed by atoms with E-state index in [1.54, 1.807) is 33.8 Å². The largest absolute Gasteiger partial charge is 0.444 e. The number of benzene rings is 1. The van der Waals surface area contributed by atoms with Gasteiger partial charge >= 0.3 is 6.09 Å². The molecule has 9 heteroatoms. The molecular weight excluding hydrogens is 390 g/mol. The van der Waals surface area contributed by atoms with E-state index < -0.39 is 16.6 Å². The van der Waals surface area contributed by atoms with Crippen LogP contribution in [0.25, 0.3) is 0 Å². The highest BCUT2D eigenvalue weighted by atomic mass is 16.6. The first-order valence-corrected chi connectivity index (χ1v) is 10.2. The Bertz CT molecular complexity index is 739. The molecule has 1 fully saturated rings. The number of carbonyl (C=O) groups is 1. The predicted molar refractivity (Wildman–Crippen MR) is 114 cm³/mol. The SMILES string of the molecule is C[C@H](COCc1cc(N2C[C@@H](C)O[C@@H](C)C2)cc([N+](=O)[O-])c1)NC(=O)OC(C)(C)C. The number of ether oxygens (including phenoxy) is 3. The maximum absolute atomic E-state index is 11.8. The summed E-state index contributed by atoms with van der Waals surface area (Å²) in [6.45, 7) is 13.0. The monoisotopic (exact) mass is 423 g/mol. The van der Waals surface area contributed by atoms with Crippen molar-refractivity contribution < 1.29 is 23.9 Å². The number of amides is 1. The van der Waals surface area contributed by atoms with Crippen molar-refractivity contribution in [3.63, 3.8) is 0 Å². The van der Waals surface area contributed by atoms with Crippen LogP contribution in [-0.2, 0) is 20.8 Å². The summed E-state index contributed by atoms with van der Waals surface area (Å²) in [4.78, 5) is 24.9. The number of non-ortho nitro benzene ring substituents is 1. The number of nitrogens with one attached hydrogen (secondary N) is 1. The third-order valence-electron chi connectivity index (χ3n) is 4.36. The van der Waals surface area contributed by atoms with Crippen molar-refractivity contribution in [3.8, 4) is 0 Å². The first-order chi connectivity index (χ1) is 13.9. The minimum absolute atomic E-state index is 0.0258. The maximum atomic E-state index is 11.8. The van der Waals surface area contributed by atoms with Gasteiger partial charge in [-0.3, -0.25) is 10.1 Å². The molecule has 168 valence electrons. The van der Waals surface area contributed by atoms with Crippen molar-refractivity contribution in [1.29, 1.82) is 0 Å². The highest BCUT2D eigenvalue weighted by Crippen LogP contribution is 2.27. The molecule has 1 aromatic rings. The molecular formula is C21H33N3O6. The summed E-state index contributed by atoms with van der Waals surface area (Å²) in [5.74, 6) is 0. The van der Waals surface area contributed by atoms with Crippen LogP contribution < -0.4 is 10.2 Å². The average molecular weight is 424 g/mol. The van der Waals surface area contributed by atoms with Crippen LogP contribution in [0.3, 0.4) is 0 Å². The summed E-state index contributed by atoms with van der Waals surface area (Å²) >= 11 is 0. The molecule has 30 heavy (non-hydrogen) atoms. The summed E-state index contributed by atoms with van der Waals surface area (Å²) in [5, 5.41) is 14.1. The first-order valence-electron chi connectivity index (χ1n) is 10.2. The van der Waals surface area contributed by atoms with Gasteiger partial charge in [-0.25, -0.2) is 4.79 Å². The number of morpholine rings is 1. The van der Waals surface area contributed by atoms with E-state index in [9.17, 15) is 14.9 Å². The molecule has 2 rings (SSSR count). The van der Waals surface area contributed by atoms with Gasteiger partial charge in [0.15, 0.2) is 0 Å². The number of carbonyl (C=O) groups excluding carboxylic acids is 1. The molecule has 0 radical (unpaired) electrons. The van der Waals surface area contributed by atoms with Gasteiger partial charge in [0.05, 0.1) is 36.4 Å². The Morgan fingerprint density at radius 3 is 2.50 bits per heavy atom. The van der Waals surface area contributed by atoms with Gasteiger partial charge in [0.2, 0.25) is 0 Å². The quantitative estimate of drug-likeness (QED) is 0.527. The van der Waals surface area contributed by atoms with Crippen molar-refractivity contribution in [3.05, 3.63) is 33.9 Å². The smallest absolute Gasteiger partial charge is 0.407 e. The third-order valence-corrected chi connectivity index (χ3v) is 4.36. The van der Waals surface area contributed by atoms with Crippen LogP contribution in [0.4, 0.5) is 16.2 Å². The Kier molecular flexibility index (Phi) is 8.03. The van der Waals surface area contributed by atoms with Gasteiger partial charge in [-0.05, 0) is 53.2 Å². The highest BCUT2D eigenvalue weighted by Gasteiger charge is 2.24. The van der Waals surface area contributed by atoms with Gasteiger partial charge in [0.1, 0.15) is 5.60 Å². The molecule has 3 atom stereocenters. The second-order valence-corrected chi connectivity index (χ2v) is 8.84. The lowest BCUT2D eigenvalue weighted by Crippen LogP contribution is -2.45. The lowest BCUT2D eigenvalue weighted by molar-refractivity contribution is -0.384. The lowest BCUT2D eigenvalue weighted by Gasteiger charge is -2.37. The fraction of sp³-hybridized carbons (Fsp3) is 0.667. The molecule has 1 aromatic carbocycles. The van der Waals surface area contributed by atoms with E-state index >= 15 is 0 Å². The number of hydrogen-bond acceptors (Lipinski definition) is 7. The van der Waals surface area contributed by atoms with Crippen LogP contribution in [0.5, 0.6) is 0 Å². The number of nitro benzene ring substituents is 1. The van der Waals surface area contributed by atoms with E-state index in [4.69, 9.17) is 14.2 Å². The number of rotatable bonds is 7. The Hall–Kier alpha value is -2.39. The number of nitrogens with zero attached hydrogens (tertiary/aromatic N) is 2. The summed E-state index contributed by atoms with van der Waals surface area (Å²) in [7, 11) is 0. The minimum atomic E-state index is -0.571. The topological polar surface area (TPSA) is 103 Å². The Morgan fingerprint density at radius 2 is 1.93 bits per heavy atom. The van der Waals surface area contributed by atoms with Crippen LogP contribution in [0.15, 0.2) is 18.2 Å². The fourth-order valence-electron chi connectivity index (χ4n) is 3.32. The molecule has 1 aliphatic rings. The summed E-state index contributed by atoms with van der Waals surface area (Å²) < 4.78 is 16.7. The van der Waals surface area contributed by atoms with Crippen molar-refractivity contribution >= 4 is 17.5 Å². The van der Waals surface area contributed by atoms with Crippen LogP contribution in [0.1, 0.15) is 47.1 Å². The molecule has 1 heterocycles. The molecule has 0 spiro atoms. The molecule has 1 amide bonds. The summed E-state index contributed by atoms with van der Waals surface area (Å²) in [6.07, 6.45) is -0.410. The van der Waals surface area contributed by atoms with Crippen LogP contribution >= 0.6 is 0 Å². The van der Waals surface area contributed by atoms with Gasteiger partial charge in [-0.2, -0.15) is 0 Å². The van der Waals surface area contributed by atoms with Gasteiger partial charge in [0.25, 0.3) is 5.69 Å². The molecule has 9 nitrogen and oxygen atoms in total. The zero-order chi connectivity index (χ0) is 22.5. The van der Waals surface area contributed by atoms with Gasteiger partial charge in [0, 0.05) is 30.9 Å². The van der Waals surface area contributed by atoms with E-state index in [-0.39, 0.29) is 37.2 Å². The van der Waals surface area contributed by atoms with Gasteiger partial charge < -0.3 is 24.4 Å². The molecule has 0 aliphatic carbocycles. The zero-order valence-corrected chi connectivity index (χ0v) is 18.6.